The number of pyridine rings is 3. The van der Waals surface area contributed by atoms with Gasteiger partial charge in [-0.15, -0.1) is 16.6 Å². The summed E-state index contributed by atoms with van der Waals surface area (Å²) in [5, 5.41) is 20.3. The van der Waals surface area contributed by atoms with E-state index in [4.69, 9.17) is 19.4 Å². The number of hydrogen-bond acceptors (Lipinski definition) is 6. The molecule has 6 nitrogen and oxygen atoms in total. The number of rotatable bonds is 8. The zero-order valence-electron chi connectivity index (χ0n) is 49.0. The molecule has 1 aliphatic heterocycles. The number of nitrogens with zero attached hydrogens (tertiary/aromatic N) is 6. The number of nitriles is 1. The second-order valence-corrected chi connectivity index (χ2v) is 34.5. The zero-order valence-corrected chi connectivity index (χ0v) is 51.4. The van der Waals surface area contributed by atoms with Crippen molar-refractivity contribution in [2.24, 2.45) is 0 Å². The Morgan fingerprint density at radius 3 is 2.15 bits per heavy atom. The summed E-state index contributed by atoms with van der Waals surface area (Å²) in [7, 11) is 0. The molecule has 0 spiro atoms. The molecule has 394 valence electrons. The Balaban J connectivity index is 0.000000227. The molecule has 0 aliphatic carbocycles. The van der Waals surface area contributed by atoms with Crippen molar-refractivity contribution in [1.29, 1.82) is 5.26 Å². The third kappa shape index (κ3) is 10.6. The molecule has 12 rings (SSSR count). The van der Waals surface area contributed by atoms with Crippen LogP contribution in [0.4, 0.5) is 21.5 Å². The first-order valence-electron chi connectivity index (χ1n) is 28.1. The summed E-state index contributed by atoms with van der Waals surface area (Å²) in [4.78, 5) is 17.4. The quantitative estimate of drug-likeness (QED) is 0.112. The molecule has 0 fully saturated rings. The van der Waals surface area contributed by atoms with E-state index in [1.807, 2.05) is 66.7 Å². The van der Waals surface area contributed by atoms with Crippen molar-refractivity contribution in [3.63, 3.8) is 0 Å². The molecular weight excluding hydrogens is 1230 g/mol. The third-order valence-corrected chi connectivity index (χ3v) is 20.2. The fraction of sp³-hybridized carbons (Fsp3) is 0.217. The van der Waals surface area contributed by atoms with Gasteiger partial charge in [-0.2, -0.15) is 34.8 Å². The van der Waals surface area contributed by atoms with Crippen molar-refractivity contribution in [3.8, 4) is 39.6 Å². The number of benzene rings is 7. The monoisotopic (exact) mass is 1300 g/mol. The van der Waals surface area contributed by atoms with Gasteiger partial charge in [0.15, 0.2) is 0 Å². The maximum Gasteiger partial charge on any atom is 3.00 e. The molecule has 10 heteroatoms. The molecule has 0 N–H and O–H groups in total. The van der Waals surface area contributed by atoms with Crippen LogP contribution in [0.2, 0.25) is 17.3 Å². The molecule has 0 radical (unpaired) electrons. The van der Waals surface area contributed by atoms with Gasteiger partial charge in [-0.3, -0.25) is 4.98 Å². The Bertz CT molecular complexity index is 4260. The Kier molecular flexibility index (Phi) is 14.2. The van der Waals surface area contributed by atoms with Crippen molar-refractivity contribution in [2.75, 3.05) is 4.90 Å². The average Bonchev–Trinajstić information content (AvgIpc) is 2.21. The zero-order chi connectivity index (χ0) is 57.3. The predicted molar refractivity (Wildman–Crippen MR) is 328 cm³/mol. The molecule has 0 amide bonds. The van der Waals surface area contributed by atoms with Crippen LogP contribution in [0.15, 0.2) is 158 Å². The van der Waals surface area contributed by atoms with Crippen molar-refractivity contribution >= 4 is 88.0 Å². The van der Waals surface area contributed by atoms with Gasteiger partial charge in [0.05, 0.1) is 11.2 Å². The van der Waals surface area contributed by atoms with Crippen LogP contribution in [0, 0.1) is 36.1 Å². The summed E-state index contributed by atoms with van der Waals surface area (Å²) >= 11 is -0.510. The van der Waals surface area contributed by atoms with E-state index in [0.717, 1.165) is 87.4 Å². The first-order valence-corrected chi connectivity index (χ1v) is 34.8. The van der Waals surface area contributed by atoms with E-state index in [2.05, 4.69) is 167 Å². The van der Waals surface area contributed by atoms with Gasteiger partial charge in [0, 0.05) is 20.9 Å². The number of halogens is 1. The summed E-state index contributed by atoms with van der Waals surface area (Å²) in [5.74, 6) is 7.17. The van der Waals surface area contributed by atoms with Crippen LogP contribution in [0.3, 0.4) is 0 Å². The predicted octanol–water partition coefficient (Wildman–Crippen LogP) is 19.1. The minimum Gasteiger partial charge on any atom is -0.661 e. The summed E-state index contributed by atoms with van der Waals surface area (Å²) in [5.41, 5.74) is 13.6. The van der Waals surface area contributed by atoms with Gasteiger partial charge >= 0.3 is 185 Å². The standard InChI is InChI=1S/C45H35N5S.C24H27FGeN.Ir/c1-25(2)37-22-32(31-16-15-28-9-6-7-10-30(28)21-31)23-38(26(3)4)41(37)50-42-39(20-17-29-14-13-27(5)47-40(29)42)49-44(50)36-12-8-11-34-35-19-18-33(24-46)48-45(35)51-43(34)36;1-24(2,3)20-15-23(27-16-22(20)26(4,5)6)18-12-13-21(25)19(14-18)17-10-8-7-9-11-17;/h6-11,13-23,25-26,44H,1-5H3;7-11,13-16H,1-6H3;/q-2;-1;+3/i5D3;;. The van der Waals surface area contributed by atoms with Crippen LogP contribution < -0.4 is 9.30 Å². The molecule has 0 saturated heterocycles. The van der Waals surface area contributed by atoms with Gasteiger partial charge in [0.1, 0.15) is 16.6 Å². The molecule has 1 atom stereocenters. The summed E-state index contributed by atoms with van der Waals surface area (Å²) in [6.07, 6.45) is 1.51. The van der Waals surface area contributed by atoms with E-state index < -0.39 is 26.3 Å². The minimum absolute atomic E-state index is 0. The van der Waals surface area contributed by atoms with Gasteiger partial charge < -0.3 is 10.2 Å². The van der Waals surface area contributed by atoms with E-state index >= 15 is 0 Å². The first kappa shape index (κ1) is 51.4. The molecule has 4 aromatic heterocycles. The maximum absolute atomic E-state index is 14.4. The van der Waals surface area contributed by atoms with E-state index in [-0.39, 0.29) is 48.9 Å². The van der Waals surface area contributed by atoms with Crippen LogP contribution >= 0.6 is 11.3 Å². The number of hydrogen-bond donors (Lipinski definition) is 0. The Labute approximate surface area is 488 Å². The molecule has 1 aliphatic rings. The van der Waals surface area contributed by atoms with E-state index in [1.165, 1.54) is 26.8 Å². The molecule has 0 saturated carbocycles. The van der Waals surface area contributed by atoms with Crippen molar-refractivity contribution < 1.29 is 28.6 Å². The average molecular weight is 1290 g/mol. The number of aromatic nitrogens is 3. The Hall–Kier alpha value is -7.06. The van der Waals surface area contributed by atoms with Crippen molar-refractivity contribution in [2.45, 2.75) is 96.0 Å². The Morgan fingerprint density at radius 2 is 1.46 bits per heavy atom. The minimum atomic E-state index is -2.38. The molecule has 7 aromatic carbocycles. The number of aryl methyl sites for hydroxylation is 1. The van der Waals surface area contributed by atoms with Crippen LogP contribution in [0.5, 0.6) is 0 Å². The van der Waals surface area contributed by atoms with Crippen LogP contribution in [-0.2, 0) is 25.5 Å². The van der Waals surface area contributed by atoms with E-state index in [9.17, 15) is 9.65 Å². The normalized spacial score (nSPS) is 14.1. The van der Waals surface area contributed by atoms with Gasteiger partial charge in [-0.1, -0.05) is 93.1 Å². The van der Waals surface area contributed by atoms with E-state index in [0.29, 0.717) is 16.8 Å². The van der Waals surface area contributed by atoms with Gasteiger partial charge in [-0.05, 0) is 93.6 Å². The van der Waals surface area contributed by atoms with Crippen LogP contribution in [-0.4, -0.2) is 28.2 Å². The van der Waals surface area contributed by atoms with Crippen LogP contribution in [0.1, 0.15) is 104 Å². The topological polar surface area (TPSA) is 79.8 Å². The van der Waals surface area contributed by atoms with Gasteiger partial charge in [0.25, 0.3) is 0 Å². The van der Waals surface area contributed by atoms with Gasteiger partial charge in [0.2, 0.25) is 0 Å². The van der Waals surface area contributed by atoms with E-state index in [1.54, 1.807) is 23.5 Å². The van der Waals surface area contributed by atoms with Crippen molar-refractivity contribution in [1.82, 2.24) is 15.0 Å². The summed E-state index contributed by atoms with van der Waals surface area (Å²) in [6.45, 7) is 13.2. The number of thiophene rings is 1. The molecular formula is C69H62FGeIrN6S. The second kappa shape index (κ2) is 21.9. The molecule has 0 bridgehead atoms. The molecule has 1 unspecified atom stereocenters. The SMILES string of the molecule is CC(C)(C)c1cc(-c2[c-]cc(F)c(-c3ccccc3)c2)nc[c]1[Ge]([CH3])([CH3])[CH3].[2H]C([2H])([2H])c1ccc2ccc3c(c2n1)N(c1c(C(C)C)cc(-c2ccc4ccccc4c2)cc1C(C)C)C(c1[c-]ccc2c1sc1nc(C#N)ccc12)[N-]3.[Ir+3]. The number of anilines is 2. The maximum atomic E-state index is 14.4. The van der Waals surface area contributed by atoms with Crippen molar-refractivity contribution in [3.05, 3.63) is 215 Å². The molecule has 11 aromatic rings. The molecule has 5 heterocycles. The Morgan fingerprint density at radius 1 is 0.747 bits per heavy atom. The largest absolute Gasteiger partial charge is 3.00 e. The first-order chi connectivity index (χ1) is 38.6. The fourth-order valence-corrected chi connectivity index (χ4v) is 15.6. The summed E-state index contributed by atoms with van der Waals surface area (Å²) in [6, 6.07) is 58.8. The second-order valence-electron chi connectivity index (χ2n) is 22.9. The third-order valence-electron chi connectivity index (χ3n) is 14.8. The number of fused-ring (bicyclic) bond motifs is 7. The smallest absolute Gasteiger partial charge is 0.661 e. The van der Waals surface area contributed by atoms with Gasteiger partial charge in [-0.25, -0.2) is 4.98 Å². The fourth-order valence-electron chi connectivity index (χ4n) is 10.8. The summed E-state index contributed by atoms with van der Waals surface area (Å²) < 4.78 is 41.6. The molecule has 79 heavy (non-hydrogen) atoms. The van der Waals surface area contributed by atoms with Crippen LogP contribution in [0.25, 0.3) is 80.8 Å².